The van der Waals surface area contributed by atoms with Gasteiger partial charge in [-0.05, 0) is 107 Å². The van der Waals surface area contributed by atoms with Gasteiger partial charge >= 0.3 is 30.1 Å². The van der Waals surface area contributed by atoms with Crippen molar-refractivity contribution in [3.05, 3.63) is 184 Å². The van der Waals surface area contributed by atoms with Gasteiger partial charge in [0.25, 0.3) is 0 Å². The molecule has 5 amide bonds. The van der Waals surface area contributed by atoms with E-state index < -0.39 is 53.2 Å². The number of Topliss-reactive ketones (excluding diaryl/α,β-unsaturated/α-hetero) is 1. The Hall–Kier alpha value is -8.73. The number of thiazole rings is 2. The molecule has 4 saturated heterocycles. The maximum absolute atomic E-state index is 14.6. The summed E-state index contributed by atoms with van der Waals surface area (Å²) in [5, 5.41) is 14.6. The molecule has 2 aromatic heterocycles. The van der Waals surface area contributed by atoms with Crippen molar-refractivity contribution in [2.45, 2.75) is 83.3 Å². The summed E-state index contributed by atoms with van der Waals surface area (Å²) < 4.78 is 58.4. The number of carbonyl (C=O) groups excluding carboxylic acids is 6. The molecular formula is C67H70Cl2F3N13O9S2. The summed E-state index contributed by atoms with van der Waals surface area (Å²) in [5.41, 5.74) is 4.57. The number of hydrogen-bond donors (Lipinski definition) is 3. The number of ketones is 1. The molecule has 29 heteroatoms. The summed E-state index contributed by atoms with van der Waals surface area (Å²) in [4.78, 5) is 107. The number of nitrogens with zero attached hydrogens (tertiary/aromatic N) is 10. The predicted octanol–water partition coefficient (Wildman–Crippen LogP) is 10.4. The molecule has 96 heavy (non-hydrogen) atoms. The molecule has 12 rings (SSSR count). The summed E-state index contributed by atoms with van der Waals surface area (Å²) in [6, 6.07) is 17.3. The Balaban J connectivity index is 0.000000196. The van der Waals surface area contributed by atoms with Crippen LogP contribution >= 0.6 is 45.9 Å². The molecule has 0 bridgehead atoms. The monoisotopic (exact) mass is 1390 g/mol. The van der Waals surface area contributed by atoms with Crippen molar-refractivity contribution >= 4 is 105 Å². The molecule has 504 valence electrons. The van der Waals surface area contributed by atoms with Gasteiger partial charge in [0.2, 0.25) is 0 Å². The Morgan fingerprint density at radius 2 is 1.18 bits per heavy atom. The molecule has 4 fully saturated rings. The van der Waals surface area contributed by atoms with E-state index in [0.717, 1.165) is 11.3 Å². The maximum Gasteiger partial charge on any atom is 0.408 e. The fourth-order valence-corrected chi connectivity index (χ4v) is 14.1. The van der Waals surface area contributed by atoms with Crippen molar-refractivity contribution < 1.29 is 56.1 Å². The minimum Gasteiger partial charge on any atom is -0.466 e. The van der Waals surface area contributed by atoms with Crippen molar-refractivity contribution in [3.63, 3.8) is 0 Å². The van der Waals surface area contributed by atoms with Gasteiger partial charge in [0.05, 0.1) is 43.5 Å². The third-order valence-electron chi connectivity index (χ3n) is 16.9. The minimum atomic E-state index is -0.884. The highest BCUT2D eigenvalue weighted by molar-refractivity contribution is 7.12. The van der Waals surface area contributed by atoms with Crippen molar-refractivity contribution in [1.82, 2.24) is 45.5 Å². The fourth-order valence-electron chi connectivity index (χ4n) is 12.4. The van der Waals surface area contributed by atoms with Gasteiger partial charge in [0, 0.05) is 139 Å². The van der Waals surface area contributed by atoms with E-state index in [0.29, 0.717) is 127 Å². The summed E-state index contributed by atoms with van der Waals surface area (Å²) in [6.45, 7) is 13.2. The molecule has 3 N–H and O–H groups in total. The second-order valence-electron chi connectivity index (χ2n) is 24.7. The molecule has 4 aromatic carbocycles. The summed E-state index contributed by atoms with van der Waals surface area (Å²) in [6.07, 6.45) is 3.49. The van der Waals surface area contributed by atoms with E-state index in [4.69, 9.17) is 47.4 Å². The molecular weight excluding hydrogens is 1320 g/mol. The van der Waals surface area contributed by atoms with Gasteiger partial charge < -0.3 is 44.8 Å². The number of rotatable bonds is 17. The van der Waals surface area contributed by atoms with Gasteiger partial charge in [-0.2, -0.15) is 0 Å². The molecule has 0 spiro atoms. The topological polar surface area (TPSA) is 236 Å². The second-order valence-corrected chi connectivity index (χ2v) is 27.3. The number of benzene rings is 4. The van der Waals surface area contributed by atoms with Crippen LogP contribution < -0.4 is 25.8 Å². The molecule has 0 aliphatic carbocycles. The van der Waals surface area contributed by atoms with E-state index in [1.807, 2.05) is 67.6 Å². The zero-order valence-corrected chi connectivity index (χ0v) is 56.7. The Labute approximate surface area is 570 Å². The number of piperazine rings is 2. The van der Waals surface area contributed by atoms with Crippen LogP contribution in [0.3, 0.4) is 0 Å². The lowest BCUT2D eigenvalue weighted by Gasteiger charge is -2.38. The first-order valence-electron chi connectivity index (χ1n) is 30.9. The van der Waals surface area contributed by atoms with Crippen LogP contribution in [0.4, 0.5) is 38.9 Å². The molecule has 1 unspecified atom stereocenters. The number of esters is 2. The first kappa shape index (κ1) is 68.6. The third kappa shape index (κ3) is 15.6. The molecule has 6 aromatic rings. The largest absolute Gasteiger partial charge is 0.466 e. The SMILES string of the molecule is COC(=O)C1=C(CN2CCN3C(=O)N(c4cc(F)cc(CCC(C)=O)c4)C[C@@H]3C2)NC(c2nccs2)=N[C@H]1c1ccc(F)cc1Cl.COC(=O)C1=C(CN2CCN3C(=O)N(c4cccc(C(C)NC(=O)OC(C)(C)C)c4)C[C@@H]3C2)NC(c2nccs2)=N[C@H]1c1ccc(F)cc1Cl. The van der Waals surface area contributed by atoms with Crippen LogP contribution in [0.5, 0.6) is 0 Å². The van der Waals surface area contributed by atoms with E-state index >= 15 is 0 Å². The van der Waals surface area contributed by atoms with Gasteiger partial charge in [0.1, 0.15) is 40.9 Å². The molecule has 6 aliphatic heterocycles. The van der Waals surface area contributed by atoms with Gasteiger partial charge in [-0.3, -0.25) is 29.6 Å². The molecule has 6 aliphatic rings. The number of ether oxygens (including phenoxy) is 3. The predicted molar refractivity (Wildman–Crippen MR) is 359 cm³/mol. The van der Waals surface area contributed by atoms with E-state index in [9.17, 15) is 41.9 Å². The Morgan fingerprint density at radius 1 is 0.667 bits per heavy atom. The quantitative estimate of drug-likeness (QED) is 0.0569. The number of alkyl carbamates (subject to hydrolysis) is 1. The summed E-state index contributed by atoms with van der Waals surface area (Å²) >= 11 is 15.7. The maximum atomic E-state index is 14.6. The lowest BCUT2D eigenvalue weighted by molar-refractivity contribution is -0.137. The molecule has 8 heterocycles. The van der Waals surface area contributed by atoms with Gasteiger partial charge in [-0.1, -0.05) is 47.5 Å². The van der Waals surface area contributed by atoms with Gasteiger partial charge in [-0.25, -0.2) is 47.1 Å². The number of nitrogens with one attached hydrogen (secondary N) is 3. The van der Waals surface area contributed by atoms with E-state index in [1.165, 1.54) is 92.3 Å². The van der Waals surface area contributed by atoms with Crippen molar-refractivity contribution in [2.24, 2.45) is 9.98 Å². The number of halogens is 5. The number of aryl methyl sites for hydroxylation is 1. The second kappa shape index (κ2) is 29.3. The standard InChI is InChI=1S/C35H39ClFN7O5S.C32H31ClF2N6O4S/c1-20(39-33(46)49-35(2,3)4)21-7-6-8-23(15-21)44-18-24-17-42(12-13-43(24)34(44)47)19-27-28(32(45)48-5)29(25-10-9-22(37)16-26(25)36)41-30(40-27)31-38-11-14-50-31;1-18(42)3-4-19-11-21(35)13-22(12-19)41-16-23-15-39(8-9-40(23)32(41)44)17-26-27(31(43)45-2)28(24-6-5-20(34)14-25(24)33)38-29(37-26)30-36-7-10-46-30/h6-11,14-16,20,24,29H,12-13,17-19H2,1-5H3,(H,39,46)(H,40,41);5-7,10-14,23,28H,3-4,8-9,15-17H2,1-2H3,(H,37,38)/t20?,24-,29-;23-,28-/m00/s1. The van der Waals surface area contributed by atoms with Gasteiger partial charge in [-0.15, -0.1) is 22.7 Å². The summed E-state index contributed by atoms with van der Waals surface area (Å²) in [5.74, 6) is -1.76. The lowest BCUT2D eigenvalue weighted by atomic mass is 9.95. The highest BCUT2D eigenvalue weighted by Crippen LogP contribution is 2.40. The van der Waals surface area contributed by atoms with Crippen LogP contribution in [0, 0.1) is 17.5 Å². The Morgan fingerprint density at radius 3 is 1.64 bits per heavy atom. The summed E-state index contributed by atoms with van der Waals surface area (Å²) in [7, 11) is 2.59. The van der Waals surface area contributed by atoms with E-state index in [2.05, 4.69) is 35.7 Å². The van der Waals surface area contributed by atoms with E-state index in [1.54, 1.807) is 33.2 Å². The number of urea groups is 2. The zero-order chi connectivity index (χ0) is 68.3. The third-order valence-corrected chi connectivity index (χ3v) is 19.1. The smallest absolute Gasteiger partial charge is 0.408 e. The molecule has 0 radical (unpaired) electrons. The Kier molecular flexibility index (Phi) is 21.0. The molecule has 5 atom stereocenters. The number of anilines is 2. The van der Waals surface area contributed by atoms with Crippen LogP contribution in [-0.2, 0) is 35.0 Å². The number of amidine groups is 2. The average Bonchev–Trinajstić information content (AvgIpc) is 1.17. The van der Waals surface area contributed by atoms with Crippen LogP contribution in [0.25, 0.3) is 0 Å². The van der Waals surface area contributed by atoms with Gasteiger partial charge in [0.15, 0.2) is 21.7 Å². The van der Waals surface area contributed by atoms with Crippen molar-refractivity contribution in [2.75, 3.05) is 89.5 Å². The normalized spacial score (nSPS) is 20.1. The van der Waals surface area contributed by atoms with Crippen LogP contribution in [0.1, 0.15) is 91.4 Å². The highest BCUT2D eigenvalue weighted by Gasteiger charge is 2.45. The zero-order valence-electron chi connectivity index (χ0n) is 53.5. The minimum absolute atomic E-state index is 0.00957. The van der Waals surface area contributed by atoms with E-state index in [-0.39, 0.29) is 63.7 Å². The number of fused-ring (bicyclic) bond motifs is 2. The van der Waals surface area contributed by atoms with Crippen LogP contribution in [0.2, 0.25) is 10.0 Å². The van der Waals surface area contributed by atoms with Crippen molar-refractivity contribution in [1.29, 1.82) is 0 Å². The number of aromatic nitrogens is 2. The number of amides is 5. The number of methoxy groups -OCH3 is 2. The number of aliphatic imine (C=N–C) groups is 2. The number of hydrogen-bond acceptors (Lipinski definition) is 19. The molecule has 0 saturated carbocycles. The highest BCUT2D eigenvalue weighted by atomic mass is 35.5. The number of carbonyl (C=O) groups is 6. The fraction of sp³-hybridized carbons (Fsp3) is 0.373. The first-order chi connectivity index (χ1) is 45.9. The van der Waals surface area contributed by atoms with Crippen LogP contribution in [-0.4, -0.2) is 174 Å². The lowest BCUT2D eigenvalue weighted by Crippen LogP contribution is -2.53. The molecule has 22 nitrogen and oxygen atoms in total. The average molecular weight is 1390 g/mol. The van der Waals surface area contributed by atoms with Crippen molar-refractivity contribution in [3.8, 4) is 0 Å². The first-order valence-corrected chi connectivity index (χ1v) is 33.4. The van der Waals surface area contributed by atoms with Crippen LogP contribution in [0.15, 0.2) is 135 Å². The Bertz CT molecular complexity index is 4110.